The molecule has 0 fully saturated rings. The summed E-state index contributed by atoms with van der Waals surface area (Å²) in [7, 11) is 0. The van der Waals surface area contributed by atoms with Crippen LogP contribution in [0.15, 0.2) is 84.4 Å². The lowest BCUT2D eigenvalue weighted by Crippen LogP contribution is -2.48. The van der Waals surface area contributed by atoms with Gasteiger partial charge in [-0.05, 0) is 55.3 Å². The summed E-state index contributed by atoms with van der Waals surface area (Å²) in [4.78, 5) is 18.8. The highest BCUT2D eigenvalue weighted by Crippen LogP contribution is 2.45. The van der Waals surface area contributed by atoms with Crippen LogP contribution in [0.2, 0.25) is 10.0 Å². The predicted octanol–water partition coefficient (Wildman–Crippen LogP) is 6.25. The fraction of sp³-hybridized carbons (Fsp3) is 0.290. The normalized spacial score (nSPS) is 18.3. The first-order chi connectivity index (χ1) is 18.9. The number of benzene rings is 3. The van der Waals surface area contributed by atoms with E-state index >= 15 is 0 Å². The van der Waals surface area contributed by atoms with Crippen LogP contribution in [-0.4, -0.2) is 42.2 Å². The van der Waals surface area contributed by atoms with E-state index in [2.05, 4.69) is 36.2 Å². The number of nitrogens with zero attached hydrogens (tertiary/aromatic N) is 1. The Labute approximate surface area is 239 Å². The van der Waals surface area contributed by atoms with Gasteiger partial charge in [0.15, 0.2) is 11.6 Å². The first-order valence-electron chi connectivity index (χ1n) is 12.9. The molecule has 0 radical (unpaired) electrons. The van der Waals surface area contributed by atoms with Crippen LogP contribution in [0.3, 0.4) is 0 Å². The molecule has 2 N–H and O–H groups in total. The van der Waals surface area contributed by atoms with Crippen molar-refractivity contribution >= 4 is 35.0 Å². The number of nitrogens with one attached hydrogen (secondary N) is 1. The molecular formula is C31H32Cl2N2O4. The minimum Gasteiger partial charge on any atom is -0.494 e. The molecule has 204 valence electrons. The fourth-order valence-electron chi connectivity index (χ4n) is 4.45. The molecule has 0 spiro atoms. The van der Waals surface area contributed by atoms with Crippen molar-refractivity contribution in [3.8, 4) is 5.75 Å². The average molecular weight is 568 g/mol. The number of rotatable bonds is 12. The van der Waals surface area contributed by atoms with Crippen molar-refractivity contribution in [1.82, 2.24) is 5.32 Å². The highest BCUT2D eigenvalue weighted by atomic mass is 35.5. The second-order valence-electron chi connectivity index (χ2n) is 9.44. The summed E-state index contributed by atoms with van der Waals surface area (Å²) in [6.45, 7) is 6.86. The van der Waals surface area contributed by atoms with Gasteiger partial charge < -0.3 is 19.9 Å². The summed E-state index contributed by atoms with van der Waals surface area (Å²) in [5, 5.41) is 12.9. The van der Waals surface area contributed by atoms with Crippen LogP contribution in [0.1, 0.15) is 41.2 Å². The largest absolute Gasteiger partial charge is 0.494 e. The standard InChI is InChI=1S/C31H32Cl2N2O4/c1-3-16-31(30(37)34-17-15-22-7-5-21(2)6-8-22)28(26-14-11-24(32)20-27(26)33)39-29(35-31)23-9-12-25(13-10-23)38-19-4-18-36/h3,5-14,20,28,36H,1,4,15-19H2,2H3,(H,34,37)/t28-,31-/m1/s1. The highest BCUT2D eigenvalue weighted by Gasteiger charge is 2.53. The Balaban J connectivity index is 1.64. The monoisotopic (exact) mass is 566 g/mol. The van der Waals surface area contributed by atoms with E-state index in [1.54, 1.807) is 36.4 Å². The number of ether oxygens (including phenoxy) is 2. The van der Waals surface area contributed by atoms with E-state index in [1.165, 1.54) is 5.56 Å². The van der Waals surface area contributed by atoms with Gasteiger partial charge in [0.2, 0.25) is 5.90 Å². The van der Waals surface area contributed by atoms with Gasteiger partial charge in [0, 0.05) is 47.2 Å². The zero-order valence-electron chi connectivity index (χ0n) is 21.8. The number of carbonyl (C=O) groups excluding carboxylic acids is 1. The SMILES string of the molecule is C=CC[C@@]1(C(=O)NCCc2ccc(C)cc2)N=C(c2ccc(OCCCO)cc2)O[C@@H]1c1ccc(Cl)cc1Cl. The van der Waals surface area contributed by atoms with Crippen LogP contribution < -0.4 is 10.1 Å². The van der Waals surface area contributed by atoms with Gasteiger partial charge in [0.1, 0.15) is 5.75 Å². The third-order valence-electron chi connectivity index (χ3n) is 6.55. The molecule has 1 amide bonds. The molecule has 0 aromatic heterocycles. The van der Waals surface area contributed by atoms with Crippen LogP contribution in [0, 0.1) is 6.92 Å². The fourth-order valence-corrected chi connectivity index (χ4v) is 4.96. The maximum Gasteiger partial charge on any atom is 0.252 e. The van der Waals surface area contributed by atoms with E-state index in [-0.39, 0.29) is 18.9 Å². The van der Waals surface area contributed by atoms with Crippen LogP contribution >= 0.6 is 23.2 Å². The quantitative estimate of drug-likeness (QED) is 0.200. The van der Waals surface area contributed by atoms with Crippen molar-refractivity contribution in [1.29, 1.82) is 0 Å². The van der Waals surface area contributed by atoms with Crippen molar-refractivity contribution < 1.29 is 19.4 Å². The van der Waals surface area contributed by atoms with Gasteiger partial charge in [-0.3, -0.25) is 4.79 Å². The molecule has 0 saturated carbocycles. The van der Waals surface area contributed by atoms with E-state index in [0.29, 0.717) is 58.8 Å². The molecule has 0 saturated heterocycles. The van der Waals surface area contributed by atoms with Crippen molar-refractivity contribution in [3.05, 3.63) is 112 Å². The van der Waals surface area contributed by atoms with Crippen LogP contribution in [0.5, 0.6) is 5.75 Å². The van der Waals surface area contributed by atoms with Crippen LogP contribution in [0.4, 0.5) is 0 Å². The van der Waals surface area contributed by atoms with Gasteiger partial charge >= 0.3 is 0 Å². The van der Waals surface area contributed by atoms with Crippen molar-refractivity contribution in [2.45, 2.75) is 37.8 Å². The number of halogens is 2. The van der Waals surface area contributed by atoms with Crippen molar-refractivity contribution in [2.75, 3.05) is 19.8 Å². The van der Waals surface area contributed by atoms with Crippen LogP contribution in [-0.2, 0) is 16.0 Å². The van der Waals surface area contributed by atoms with Gasteiger partial charge in [-0.15, -0.1) is 6.58 Å². The Bertz CT molecular complexity index is 1330. The molecule has 0 bridgehead atoms. The maximum atomic E-state index is 13.9. The number of hydrogen-bond acceptors (Lipinski definition) is 5. The molecule has 1 heterocycles. The summed E-state index contributed by atoms with van der Waals surface area (Å²) >= 11 is 12.8. The lowest BCUT2D eigenvalue weighted by molar-refractivity contribution is -0.128. The van der Waals surface area contributed by atoms with E-state index < -0.39 is 11.6 Å². The molecule has 1 aliphatic rings. The number of carbonyl (C=O) groups is 1. The molecule has 3 aromatic rings. The van der Waals surface area contributed by atoms with E-state index in [0.717, 1.165) is 5.56 Å². The minimum absolute atomic E-state index is 0.0653. The number of aliphatic imine (C=N–C) groups is 1. The van der Waals surface area contributed by atoms with E-state index in [9.17, 15) is 4.79 Å². The number of amides is 1. The number of hydrogen-bond donors (Lipinski definition) is 2. The molecule has 2 atom stereocenters. The molecular weight excluding hydrogens is 535 g/mol. The molecule has 8 heteroatoms. The Hall–Kier alpha value is -3.32. The van der Waals surface area contributed by atoms with E-state index in [1.807, 2.05) is 19.1 Å². The van der Waals surface area contributed by atoms with Gasteiger partial charge in [-0.1, -0.05) is 65.2 Å². The second-order valence-corrected chi connectivity index (χ2v) is 10.3. The van der Waals surface area contributed by atoms with Crippen molar-refractivity contribution in [2.24, 2.45) is 4.99 Å². The summed E-state index contributed by atoms with van der Waals surface area (Å²) in [5.41, 5.74) is 2.30. The summed E-state index contributed by atoms with van der Waals surface area (Å²) in [6, 6.07) is 20.6. The first kappa shape index (κ1) is 28.7. The molecule has 6 nitrogen and oxygen atoms in total. The number of aliphatic hydroxyl groups excluding tert-OH is 1. The minimum atomic E-state index is -1.32. The third kappa shape index (κ3) is 6.82. The lowest BCUT2D eigenvalue weighted by atomic mass is 9.84. The third-order valence-corrected chi connectivity index (χ3v) is 7.11. The topological polar surface area (TPSA) is 80.2 Å². The summed E-state index contributed by atoms with van der Waals surface area (Å²) in [6.07, 6.45) is 2.33. The lowest BCUT2D eigenvalue weighted by Gasteiger charge is -2.30. The maximum absolute atomic E-state index is 13.9. The Morgan fingerprint density at radius 2 is 1.90 bits per heavy atom. The summed E-state index contributed by atoms with van der Waals surface area (Å²) < 4.78 is 12.0. The smallest absolute Gasteiger partial charge is 0.252 e. The van der Waals surface area contributed by atoms with E-state index in [4.69, 9.17) is 42.8 Å². The summed E-state index contributed by atoms with van der Waals surface area (Å²) in [5.74, 6) is 0.710. The van der Waals surface area contributed by atoms with Crippen molar-refractivity contribution in [3.63, 3.8) is 0 Å². The molecule has 3 aromatic carbocycles. The molecule has 0 aliphatic carbocycles. The molecule has 4 rings (SSSR count). The molecule has 39 heavy (non-hydrogen) atoms. The van der Waals surface area contributed by atoms with Gasteiger partial charge in [0.25, 0.3) is 5.91 Å². The number of aryl methyl sites for hydroxylation is 1. The van der Waals surface area contributed by atoms with Gasteiger partial charge in [0.05, 0.1) is 6.61 Å². The first-order valence-corrected chi connectivity index (χ1v) is 13.6. The zero-order valence-corrected chi connectivity index (χ0v) is 23.3. The van der Waals surface area contributed by atoms with Crippen LogP contribution in [0.25, 0.3) is 0 Å². The van der Waals surface area contributed by atoms with Gasteiger partial charge in [-0.2, -0.15) is 0 Å². The Morgan fingerprint density at radius 3 is 2.56 bits per heavy atom. The zero-order chi connectivity index (χ0) is 27.8. The Kier molecular flexibility index (Phi) is 9.68. The molecule has 0 unspecified atom stereocenters. The van der Waals surface area contributed by atoms with Gasteiger partial charge in [-0.25, -0.2) is 4.99 Å². The predicted molar refractivity (Wildman–Crippen MR) is 156 cm³/mol. The molecule has 1 aliphatic heterocycles. The Morgan fingerprint density at radius 1 is 1.15 bits per heavy atom. The average Bonchev–Trinajstić information content (AvgIpc) is 3.31. The highest BCUT2D eigenvalue weighted by molar-refractivity contribution is 6.35. The number of aliphatic hydroxyl groups is 1. The second kappa shape index (κ2) is 13.2.